The molecule has 1 aliphatic rings. The molecule has 9 heteroatoms. The van der Waals surface area contributed by atoms with Gasteiger partial charge >= 0.3 is 5.97 Å². The zero-order valence-electron chi connectivity index (χ0n) is 10.4. The third kappa shape index (κ3) is 3.29. The fourth-order valence-corrected chi connectivity index (χ4v) is 3.24. The van der Waals surface area contributed by atoms with Gasteiger partial charge in [0.05, 0.1) is 18.7 Å². The van der Waals surface area contributed by atoms with Crippen LogP contribution in [-0.4, -0.2) is 46.7 Å². The summed E-state index contributed by atoms with van der Waals surface area (Å²) >= 11 is 0. The largest absolute Gasteiger partial charge is 0.481 e. The smallest absolute Gasteiger partial charge is 0.303 e. The van der Waals surface area contributed by atoms with Gasteiger partial charge in [-0.15, -0.1) is 0 Å². The van der Waals surface area contributed by atoms with Gasteiger partial charge in [-0.1, -0.05) is 5.16 Å². The number of aliphatic carboxylic acids is 1. The van der Waals surface area contributed by atoms with Crippen LogP contribution in [0.3, 0.4) is 0 Å². The van der Waals surface area contributed by atoms with E-state index in [1.54, 1.807) is 0 Å². The first-order valence-electron chi connectivity index (χ1n) is 5.89. The highest BCUT2D eigenvalue weighted by molar-refractivity contribution is 7.88. The first kappa shape index (κ1) is 13.9. The van der Waals surface area contributed by atoms with E-state index >= 15 is 0 Å². The zero-order chi connectivity index (χ0) is 14.0. The molecule has 1 atom stereocenters. The molecule has 0 aliphatic carbocycles. The molecule has 0 bridgehead atoms. The summed E-state index contributed by atoms with van der Waals surface area (Å²) in [5.41, 5.74) is 0. The minimum atomic E-state index is -3.30. The number of carboxylic acid groups (broad SMARTS) is 1. The summed E-state index contributed by atoms with van der Waals surface area (Å²) in [5.74, 6) is -0.417. The molecule has 1 fully saturated rings. The van der Waals surface area contributed by atoms with Gasteiger partial charge in [0.1, 0.15) is 0 Å². The van der Waals surface area contributed by atoms with Gasteiger partial charge in [-0.25, -0.2) is 8.42 Å². The van der Waals surface area contributed by atoms with Crippen LogP contribution in [0.5, 0.6) is 0 Å². The Hall–Kier alpha value is -1.48. The van der Waals surface area contributed by atoms with Crippen LogP contribution in [0.4, 0.5) is 0 Å². The van der Waals surface area contributed by atoms with Gasteiger partial charge in [-0.3, -0.25) is 4.79 Å². The van der Waals surface area contributed by atoms with Crippen LogP contribution in [-0.2, 0) is 21.2 Å². The van der Waals surface area contributed by atoms with Crippen molar-refractivity contribution in [2.24, 2.45) is 0 Å². The van der Waals surface area contributed by atoms with E-state index in [1.165, 1.54) is 4.31 Å². The van der Waals surface area contributed by atoms with Gasteiger partial charge in [-0.2, -0.15) is 9.29 Å². The average Bonchev–Trinajstić information content (AvgIpc) is 2.93. The second-order valence-electron chi connectivity index (χ2n) is 4.47. The SMILES string of the molecule is CS(=O)(=O)N1CCC[C@@H]1c1noc(CCC(=O)O)n1. The number of carbonyl (C=O) groups is 1. The van der Waals surface area contributed by atoms with Gasteiger partial charge in [0.2, 0.25) is 15.9 Å². The first-order valence-corrected chi connectivity index (χ1v) is 7.74. The summed E-state index contributed by atoms with van der Waals surface area (Å²) in [6.07, 6.45) is 2.59. The normalized spacial score (nSPS) is 20.8. The van der Waals surface area contributed by atoms with Gasteiger partial charge < -0.3 is 9.63 Å². The van der Waals surface area contributed by atoms with Crippen LogP contribution in [0.25, 0.3) is 0 Å². The third-order valence-electron chi connectivity index (χ3n) is 2.96. The van der Waals surface area contributed by atoms with Crippen molar-refractivity contribution in [3.8, 4) is 0 Å². The maximum atomic E-state index is 11.6. The number of aromatic nitrogens is 2. The Morgan fingerprint density at radius 2 is 2.32 bits per heavy atom. The molecule has 1 N–H and O–H groups in total. The van der Waals surface area contributed by atoms with Crippen molar-refractivity contribution in [2.75, 3.05) is 12.8 Å². The summed E-state index contributed by atoms with van der Waals surface area (Å²) in [4.78, 5) is 14.5. The number of hydrogen-bond acceptors (Lipinski definition) is 6. The lowest BCUT2D eigenvalue weighted by Crippen LogP contribution is -2.30. The minimum Gasteiger partial charge on any atom is -0.481 e. The number of rotatable bonds is 5. The van der Waals surface area contributed by atoms with E-state index in [9.17, 15) is 13.2 Å². The Balaban J connectivity index is 2.11. The van der Waals surface area contributed by atoms with E-state index in [0.717, 1.165) is 12.7 Å². The second kappa shape index (κ2) is 5.25. The van der Waals surface area contributed by atoms with E-state index in [1.807, 2.05) is 0 Å². The topological polar surface area (TPSA) is 114 Å². The lowest BCUT2D eigenvalue weighted by molar-refractivity contribution is -0.137. The van der Waals surface area contributed by atoms with Crippen LogP contribution in [0.1, 0.15) is 37.0 Å². The van der Waals surface area contributed by atoms with Crippen molar-refractivity contribution >= 4 is 16.0 Å². The van der Waals surface area contributed by atoms with Crippen LogP contribution in [0, 0.1) is 0 Å². The van der Waals surface area contributed by atoms with Crippen LogP contribution >= 0.6 is 0 Å². The quantitative estimate of drug-likeness (QED) is 0.822. The van der Waals surface area contributed by atoms with Gasteiger partial charge in [0, 0.05) is 13.0 Å². The average molecular weight is 289 g/mol. The molecule has 2 heterocycles. The molecule has 8 nitrogen and oxygen atoms in total. The summed E-state index contributed by atoms with van der Waals surface area (Å²) in [6, 6.07) is -0.405. The van der Waals surface area contributed by atoms with Crippen molar-refractivity contribution in [1.29, 1.82) is 0 Å². The van der Waals surface area contributed by atoms with E-state index < -0.39 is 22.0 Å². The molecule has 19 heavy (non-hydrogen) atoms. The molecule has 0 radical (unpaired) electrons. The summed E-state index contributed by atoms with van der Waals surface area (Å²) in [7, 11) is -3.30. The molecule has 1 aromatic heterocycles. The molecule has 1 saturated heterocycles. The predicted octanol–water partition coefficient (Wildman–Crippen LogP) is 0.183. The molecular formula is C10H15N3O5S. The Bertz CT molecular complexity index is 567. The van der Waals surface area contributed by atoms with Gasteiger partial charge in [0.25, 0.3) is 0 Å². The van der Waals surface area contributed by atoms with Crippen LogP contribution < -0.4 is 0 Å². The molecular weight excluding hydrogens is 274 g/mol. The maximum Gasteiger partial charge on any atom is 0.303 e. The third-order valence-corrected chi connectivity index (χ3v) is 4.25. The van der Waals surface area contributed by atoms with E-state index in [0.29, 0.717) is 18.8 Å². The lowest BCUT2D eigenvalue weighted by atomic mass is 10.2. The highest BCUT2D eigenvalue weighted by Gasteiger charge is 2.35. The van der Waals surface area contributed by atoms with Crippen LogP contribution in [0.15, 0.2) is 4.52 Å². The number of hydrogen-bond donors (Lipinski definition) is 1. The van der Waals surface area contributed by atoms with Gasteiger partial charge in [-0.05, 0) is 12.8 Å². The fourth-order valence-electron chi connectivity index (χ4n) is 2.11. The number of aryl methyl sites for hydroxylation is 1. The molecule has 1 aromatic rings. The minimum absolute atomic E-state index is 0.0951. The van der Waals surface area contributed by atoms with E-state index in [2.05, 4.69) is 10.1 Å². The Labute approximate surface area is 110 Å². The van der Waals surface area contributed by atoms with E-state index in [-0.39, 0.29) is 18.7 Å². The monoisotopic (exact) mass is 289 g/mol. The fraction of sp³-hybridized carbons (Fsp3) is 0.700. The second-order valence-corrected chi connectivity index (χ2v) is 6.41. The Kier molecular flexibility index (Phi) is 3.85. The summed E-state index contributed by atoms with van der Waals surface area (Å²) in [6.45, 7) is 0.447. The molecule has 106 valence electrons. The molecule has 0 spiro atoms. The summed E-state index contributed by atoms with van der Waals surface area (Å²) < 4.78 is 29.5. The highest BCUT2D eigenvalue weighted by atomic mass is 32.2. The Morgan fingerprint density at radius 1 is 1.58 bits per heavy atom. The van der Waals surface area contributed by atoms with Crippen molar-refractivity contribution in [3.05, 3.63) is 11.7 Å². The molecule has 0 amide bonds. The zero-order valence-corrected chi connectivity index (χ0v) is 11.3. The molecule has 0 aromatic carbocycles. The lowest BCUT2D eigenvalue weighted by Gasteiger charge is -2.18. The molecule has 2 rings (SSSR count). The predicted molar refractivity (Wildman–Crippen MR) is 63.8 cm³/mol. The number of sulfonamides is 1. The maximum absolute atomic E-state index is 11.6. The Morgan fingerprint density at radius 3 is 2.95 bits per heavy atom. The standard InChI is InChI=1S/C10H15N3O5S/c1-19(16,17)13-6-2-3-7(13)10-11-8(18-12-10)4-5-9(14)15/h7H,2-6H2,1H3,(H,14,15)/t7-/m1/s1. The number of nitrogens with zero attached hydrogens (tertiary/aromatic N) is 3. The first-order chi connectivity index (χ1) is 8.88. The van der Waals surface area contributed by atoms with Crippen LogP contribution in [0.2, 0.25) is 0 Å². The molecule has 1 aliphatic heterocycles. The van der Waals surface area contributed by atoms with Gasteiger partial charge in [0.15, 0.2) is 5.82 Å². The molecule has 0 unspecified atom stereocenters. The number of carboxylic acids is 1. The summed E-state index contributed by atoms with van der Waals surface area (Å²) in [5, 5.41) is 12.3. The van der Waals surface area contributed by atoms with Crippen molar-refractivity contribution in [3.63, 3.8) is 0 Å². The molecule has 0 saturated carbocycles. The highest BCUT2D eigenvalue weighted by Crippen LogP contribution is 2.32. The van der Waals surface area contributed by atoms with Crippen molar-refractivity contribution < 1.29 is 22.8 Å². The van der Waals surface area contributed by atoms with Crippen molar-refractivity contribution in [2.45, 2.75) is 31.7 Å². The van der Waals surface area contributed by atoms with Crippen molar-refractivity contribution in [1.82, 2.24) is 14.4 Å². The van der Waals surface area contributed by atoms with E-state index in [4.69, 9.17) is 9.63 Å².